The molecule has 6 heteroatoms. The Bertz CT molecular complexity index is 504. The lowest BCUT2D eigenvalue weighted by atomic mass is 9.99. The van der Waals surface area contributed by atoms with Gasteiger partial charge in [0.2, 0.25) is 0 Å². The number of carbonyl (C=O) groups excluding carboxylic acids is 1. The highest BCUT2D eigenvalue weighted by Crippen LogP contribution is 2.24. The second kappa shape index (κ2) is 5.17. The predicted molar refractivity (Wildman–Crippen MR) is 71.7 cm³/mol. The van der Waals surface area contributed by atoms with Gasteiger partial charge in [-0.1, -0.05) is 19.1 Å². The molecular weight excluding hydrogens is 246 g/mol. The highest BCUT2D eigenvalue weighted by Gasteiger charge is 2.36. The molecule has 0 saturated carbocycles. The molecule has 2 rings (SSSR count). The molecule has 1 aliphatic rings. The number of carboxylic acids is 1. The third kappa shape index (κ3) is 2.78. The Hall–Kier alpha value is -2.24. The van der Waals surface area contributed by atoms with Crippen molar-refractivity contribution in [3.63, 3.8) is 0 Å². The number of likely N-dealkylation sites (tertiary alicyclic amines) is 1. The van der Waals surface area contributed by atoms with E-state index in [-0.39, 0.29) is 18.5 Å². The number of urea groups is 1. The number of carbonyl (C=O) groups is 2. The van der Waals surface area contributed by atoms with Crippen molar-refractivity contribution in [1.29, 1.82) is 0 Å². The Kier molecular flexibility index (Phi) is 3.59. The molecule has 1 aliphatic heterocycles. The largest absolute Gasteiger partial charge is 0.481 e. The summed E-state index contributed by atoms with van der Waals surface area (Å²) in [6, 6.07) is 6.65. The first-order chi connectivity index (χ1) is 8.99. The van der Waals surface area contributed by atoms with E-state index in [1.165, 1.54) is 4.90 Å². The minimum absolute atomic E-state index is 0.0450. The third-order valence-corrected chi connectivity index (χ3v) is 3.42. The van der Waals surface area contributed by atoms with Crippen LogP contribution in [-0.4, -0.2) is 35.1 Å². The van der Waals surface area contributed by atoms with Gasteiger partial charge in [0.15, 0.2) is 0 Å². The molecule has 0 aliphatic carbocycles. The summed E-state index contributed by atoms with van der Waals surface area (Å²) in [4.78, 5) is 24.6. The fraction of sp³-hybridized carbons (Fsp3) is 0.385. The minimum atomic E-state index is -0.859. The number of hydrogen-bond donors (Lipinski definition) is 3. The molecule has 0 aromatic heterocycles. The van der Waals surface area contributed by atoms with Gasteiger partial charge in [0.25, 0.3) is 0 Å². The van der Waals surface area contributed by atoms with Crippen LogP contribution in [0, 0.1) is 11.8 Å². The van der Waals surface area contributed by atoms with Crippen LogP contribution in [0.2, 0.25) is 0 Å². The topological polar surface area (TPSA) is 95.7 Å². The van der Waals surface area contributed by atoms with Crippen molar-refractivity contribution in [2.75, 3.05) is 24.1 Å². The van der Waals surface area contributed by atoms with E-state index in [1.807, 2.05) is 6.92 Å². The first kappa shape index (κ1) is 13.2. The summed E-state index contributed by atoms with van der Waals surface area (Å²) < 4.78 is 0. The van der Waals surface area contributed by atoms with Gasteiger partial charge in [-0.2, -0.15) is 0 Å². The molecule has 1 aromatic carbocycles. The van der Waals surface area contributed by atoms with E-state index in [0.29, 0.717) is 17.9 Å². The van der Waals surface area contributed by atoms with Crippen LogP contribution in [0.15, 0.2) is 24.3 Å². The fourth-order valence-electron chi connectivity index (χ4n) is 2.26. The highest BCUT2D eigenvalue weighted by molar-refractivity contribution is 5.93. The summed E-state index contributed by atoms with van der Waals surface area (Å²) in [5.41, 5.74) is 6.77. The minimum Gasteiger partial charge on any atom is -0.481 e. The third-order valence-electron chi connectivity index (χ3n) is 3.42. The summed E-state index contributed by atoms with van der Waals surface area (Å²) >= 11 is 0. The number of anilines is 2. The van der Waals surface area contributed by atoms with Gasteiger partial charge in [-0.3, -0.25) is 4.79 Å². The number of nitrogen functional groups attached to an aromatic ring is 1. The van der Waals surface area contributed by atoms with E-state index < -0.39 is 11.9 Å². The van der Waals surface area contributed by atoms with Crippen LogP contribution in [0.3, 0.4) is 0 Å². The monoisotopic (exact) mass is 263 g/mol. The maximum atomic E-state index is 12.0. The zero-order valence-corrected chi connectivity index (χ0v) is 10.7. The van der Waals surface area contributed by atoms with Crippen molar-refractivity contribution in [3.8, 4) is 0 Å². The van der Waals surface area contributed by atoms with Crippen LogP contribution < -0.4 is 11.1 Å². The number of nitrogens with one attached hydrogen (secondary N) is 1. The fourth-order valence-corrected chi connectivity index (χ4v) is 2.26. The smallest absolute Gasteiger partial charge is 0.321 e. The zero-order chi connectivity index (χ0) is 14.0. The number of nitrogens with zero attached hydrogens (tertiary/aromatic N) is 1. The first-order valence-electron chi connectivity index (χ1n) is 6.12. The van der Waals surface area contributed by atoms with Gasteiger partial charge in [-0.05, 0) is 18.1 Å². The molecule has 1 aromatic rings. The van der Waals surface area contributed by atoms with Gasteiger partial charge in [0.1, 0.15) is 0 Å². The molecule has 0 unspecified atom stereocenters. The second-order valence-corrected chi connectivity index (χ2v) is 4.84. The maximum Gasteiger partial charge on any atom is 0.321 e. The molecule has 2 amide bonds. The standard InChI is InChI=1S/C13H17N3O3/c1-8-6-16(7-9(8)12(17)18)13(19)15-11-5-3-2-4-10(11)14/h2-5,8-9H,6-7,14H2,1H3,(H,15,19)(H,17,18)/t8-,9-/m1/s1. The van der Waals surface area contributed by atoms with Crippen molar-refractivity contribution < 1.29 is 14.7 Å². The number of hydrogen-bond acceptors (Lipinski definition) is 3. The van der Waals surface area contributed by atoms with E-state index in [1.54, 1.807) is 24.3 Å². The van der Waals surface area contributed by atoms with E-state index in [9.17, 15) is 9.59 Å². The Labute approximate surface area is 111 Å². The summed E-state index contributed by atoms with van der Waals surface area (Å²) in [6.07, 6.45) is 0. The number of nitrogens with two attached hydrogens (primary N) is 1. The lowest BCUT2D eigenvalue weighted by Gasteiger charge is -2.17. The lowest BCUT2D eigenvalue weighted by molar-refractivity contribution is -0.142. The lowest BCUT2D eigenvalue weighted by Crippen LogP contribution is -2.34. The van der Waals surface area contributed by atoms with Crippen LogP contribution >= 0.6 is 0 Å². The number of carboxylic acid groups (broad SMARTS) is 1. The second-order valence-electron chi connectivity index (χ2n) is 4.84. The molecule has 0 bridgehead atoms. The van der Waals surface area contributed by atoms with Crippen molar-refractivity contribution in [3.05, 3.63) is 24.3 Å². The summed E-state index contributed by atoms with van der Waals surface area (Å²) in [5, 5.41) is 11.7. The van der Waals surface area contributed by atoms with Crippen LogP contribution in [0.1, 0.15) is 6.92 Å². The number of benzene rings is 1. The van der Waals surface area contributed by atoms with Crippen molar-refractivity contribution in [2.24, 2.45) is 11.8 Å². The molecule has 1 fully saturated rings. The Balaban J connectivity index is 2.02. The summed E-state index contributed by atoms with van der Waals surface area (Å²) in [5.74, 6) is -1.41. The molecule has 6 nitrogen and oxygen atoms in total. The quantitative estimate of drug-likeness (QED) is 0.704. The van der Waals surface area contributed by atoms with Gasteiger partial charge < -0.3 is 21.1 Å². The molecule has 4 N–H and O–H groups in total. The van der Waals surface area contributed by atoms with E-state index in [4.69, 9.17) is 10.8 Å². The van der Waals surface area contributed by atoms with E-state index in [2.05, 4.69) is 5.32 Å². The molecule has 102 valence electrons. The number of amides is 2. The summed E-state index contributed by atoms with van der Waals surface area (Å²) in [7, 11) is 0. The number of aliphatic carboxylic acids is 1. The van der Waals surface area contributed by atoms with Crippen molar-refractivity contribution >= 4 is 23.4 Å². The van der Waals surface area contributed by atoms with E-state index in [0.717, 1.165) is 0 Å². The van der Waals surface area contributed by atoms with Gasteiger partial charge >= 0.3 is 12.0 Å². The molecule has 2 atom stereocenters. The first-order valence-corrected chi connectivity index (χ1v) is 6.12. The van der Waals surface area contributed by atoms with Crippen LogP contribution in [0.5, 0.6) is 0 Å². The Morgan fingerprint density at radius 3 is 2.63 bits per heavy atom. The van der Waals surface area contributed by atoms with Crippen molar-refractivity contribution in [2.45, 2.75) is 6.92 Å². The van der Waals surface area contributed by atoms with Crippen LogP contribution in [0.25, 0.3) is 0 Å². The molecule has 1 saturated heterocycles. The van der Waals surface area contributed by atoms with E-state index >= 15 is 0 Å². The van der Waals surface area contributed by atoms with Gasteiger partial charge in [0, 0.05) is 13.1 Å². The molecular formula is C13H17N3O3. The highest BCUT2D eigenvalue weighted by atomic mass is 16.4. The van der Waals surface area contributed by atoms with Gasteiger partial charge in [0.05, 0.1) is 17.3 Å². The predicted octanol–water partition coefficient (Wildman–Crippen LogP) is 1.45. The van der Waals surface area contributed by atoms with Gasteiger partial charge in [-0.25, -0.2) is 4.79 Å². The maximum absolute atomic E-state index is 12.0. The number of rotatable bonds is 2. The van der Waals surface area contributed by atoms with Crippen LogP contribution in [0.4, 0.5) is 16.2 Å². The number of para-hydroxylation sites is 2. The SMILES string of the molecule is C[C@@H]1CN(C(=O)Nc2ccccc2N)C[C@H]1C(=O)O. The molecule has 0 radical (unpaired) electrons. The summed E-state index contributed by atoms with van der Waals surface area (Å²) in [6.45, 7) is 2.51. The Morgan fingerprint density at radius 2 is 2.05 bits per heavy atom. The van der Waals surface area contributed by atoms with Crippen molar-refractivity contribution in [1.82, 2.24) is 4.90 Å². The average molecular weight is 263 g/mol. The zero-order valence-electron chi connectivity index (χ0n) is 10.7. The normalized spacial score (nSPS) is 22.3. The van der Waals surface area contributed by atoms with Crippen LogP contribution in [-0.2, 0) is 4.79 Å². The molecule has 19 heavy (non-hydrogen) atoms. The van der Waals surface area contributed by atoms with Gasteiger partial charge in [-0.15, -0.1) is 0 Å². The Morgan fingerprint density at radius 1 is 1.37 bits per heavy atom. The molecule has 0 spiro atoms. The molecule has 1 heterocycles. The average Bonchev–Trinajstić information content (AvgIpc) is 2.74.